The molecule has 190 valence electrons. The van der Waals surface area contributed by atoms with E-state index < -0.39 is 11.2 Å². The Hall–Kier alpha value is -3.33. The molecule has 37 heavy (non-hydrogen) atoms. The normalized spacial score (nSPS) is 16.5. The molecule has 1 heterocycles. The van der Waals surface area contributed by atoms with E-state index in [9.17, 15) is 14.4 Å². The minimum Gasteiger partial charge on any atom is -0.462 e. The van der Waals surface area contributed by atoms with Crippen LogP contribution in [-0.2, 0) is 20.9 Å². The van der Waals surface area contributed by atoms with Crippen LogP contribution in [0.5, 0.6) is 0 Å². The summed E-state index contributed by atoms with van der Waals surface area (Å²) < 4.78 is 5.03. The SMILES string of the molecule is CCOC(=O)c1ccc(N=C2SC(C(=O)Nc3ccccc3Cl)CC(=O)N2Cc2ccccc2Cl)cc1. The van der Waals surface area contributed by atoms with E-state index in [0.717, 1.165) is 5.56 Å². The van der Waals surface area contributed by atoms with Crippen LogP contribution in [0, 0.1) is 0 Å². The van der Waals surface area contributed by atoms with Crippen LogP contribution in [0.3, 0.4) is 0 Å². The number of thioether (sulfide) groups is 1. The second-order valence-electron chi connectivity index (χ2n) is 8.01. The Labute approximate surface area is 228 Å². The zero-order valence-corrected chi connectivity index (χ0v) is 22.1. The third-order valence-electron chi connectivity index (χ3n) is 5.45. The number of rotatable bonds is 7. The standard InChI is InChI=1S/C27H23Cl2N3O4S/c1-2-36-26(35)17-11-13-19(14-12-17)30-27-32(16-18-7-3-4-8-20(18)28)24(33)15-23(37-27)25(34)31-22-10-6-5-9-21(22)29/h3-14,23H,2,15-16H2,1H3,(H,31,34). The largest absolute Gasteiger partial charge is 0.462 e. The monoisotopic (exact) mass is 555 g/mol. The third kappa shape index (κ3) is 6.71. The van der Waals surface area contributed by atoms with Crippen molar-refractivity contribution in [3.05, 3.63) is 94.0 Å². The maximum absolute atomic E-state index is 13.3. The van der Waals surface area contributed by atoms with Gasteiger partial charge in [0.25, 0.3) is 0 Å². The molecule has 1 atom stereocenters. The summed E-state index contributed by atoms with van der Waals surface area (Å²) in [4.78, 5) is 44.5. The Bertz CT molecular complexity index is 1350. The molecule has 1 N–H and O–H groups in total. The quantitative estimate of drug-likeness (QED) is 0.344. The van der Waals surface area contributed by atoms with Gasteiger partial charge in [-0.15, -0.1) is 0 Å². The fraction of sp³-hybridized carbons (Fsp3) is 0.185. The van der Waals surface area contributed by atoms with Crippen molar-refractivity contribution in [1.82, 2.24) is 4.90 Å². The molecule has 0 spiro atoms. The van der Waals surface area contributed by atoms with E-state index in [1.54, 1.807) is 61.5 Å². The molecule has 1 unspecified atom stereocenters. The van der Waals surface area contributed by atoms with Crippen molar-refractivity contribution >= 4 is 69.3 Å². The molecule has 0 saturated carbocycles. The molecule has 10 heteroatoms. The predicted octanol–water partition coefficient (Wildman–Crippen LogP) is 6.33. The van der Waals surface area contributed by atoms with Gasteiger partial charge in [0.1, 0.15) is 5.25 Å². The van der Waals surface area contributed by atoms with E-state index in [1.807, 2.05) is 18.2 Å². The maximum Gasteiger partial charge on any atom is 0.338 e. The Kier molecular flexibility index (Phi) is 8.87. The number of hydrogen-bond donors (Lipinski definition) is 1. The zero-order chi connectivity index (χ0) is 26.4. The summed E-state index contributed by atoms with van der Waals surface area (Å²) in [5, 5.41) is 3.36. The van der Waals surface area contributed by atoms with E-state index in [2.05, 4.69) is 10.3 Å². The van der Waals surface area contributed by atoms with Crippen LogP contribution in [0.15, 0.2) is 77.8 Å². The van der Waals surface area contributed by atoms with Gasteiger partial charge in [-0.05, 0) is 55.0 Å². The first kappa shape index (κ1) is 26.7. The van der Waals surface area contributed by atoms with Gasteiger partial charge < -0.3 is 10.1 Å². The topological polar surface area (TPSA) is 88.1 Å². The van der Waals surface area contributed by atoms with Gasteiger partial charge in [0.15, 0.2) is 5.17 Å². The Balaban J connectivity index is 1.62. The lowest BCUT2D eigenvalue weighted by Crippen LogP contribution is -2.44. The van der Waals surface area contributed by atoms with Gasteiger partial charge in [-0.3, -0.25) is 14.5 Å². The second kappa shape index (κ2) is 12.3. The van der Waals surface area contributed by atoms with Gasteiger partial charge >= 0.3 is 5.97 Å². The molecule has 1 aliphatic rings. The number of nitrogens with one attached hydrogen (secondary N) is 1. The number of carbonyl (C=O) groups is 3. The van der Waals surface area contributed by atoms with E-state index >= 15 is 0 Å². The fourth-order valence-electron chi connectivity index (χ4n) is 3.57. The molecular formula is C27H23Cl2N3O4S. The molecule has 0 bridgehead atoms. The first-order valence-corrected chi connectivity index (χ1v) is 13.1. The Morgan fingerprint density at radius 2 is 1.70 bits per heavy atom. The summed E-state index contributed by atoms with van der Waals surface area (Å²) in [5.74, 6) is -1.05. The minimum absolute atomic E-state index is 0.0216. The molecule has 1 saturated heterocycles. The van der Waals surface area contributed by atoms with Crippen LogP contribution in [-0.4, -0.2) is 39.7 Å². The number of carbonyl (C=O) groups excluding carboxylic acids is 3. The predicted molar refractivity (Wildman–Crippen MR) is 148 cm³/mol. The zero-order valence-electron chi connectivity index (χ0n) is 19.8. The van der Waals surface area contributed by atoms with Crippen molar-refractivity contribution in [2.24, 2.45) is 4.99 Å². The molecule has 0 radical (unpaired) electrons. The van der Waals surface area contributed by atoms with Crippen LogP contribution in [0.1, 0.15) is 29.3 Å². The highest BCUT2D eigenvalue weighted by Crippen LogP contribution is 2.32. The molecule has 0 aromatic heterocycles. The van der Waals surface area contributed by atoms with Gasteiger partial charge in [-0.2, -0.15) is 0 Å². The minimum atomic E-state index is -0.719. The van der Waals surface area contributed by atoms with Gasteiger partial charge in [-0.25, -0.2) is 9.79 Å². The number of anilines is 1. The molecule has 0 aliphatic carbocycles. The lowest BCUT2D eigenvalue weighted by Gasteiger charge is -2.32. The Morgan fingerprint density at radius 3 is 2.38 bits per heavy atom. The van der Waals surface area contributed by atoms with Crippen molar-refractivity contribution in [1.29, 1.82) is 0 Å². The Morgan fingerprint density at radius 1 is 1.03 bits per heavy atom. The summed E-state index contributed by atoms with van der Waals surface area (Å²) in [6.07, 6.45) is -0.0216. The van der Waals surface area contributed by atoms with Gasteiger partial charge in [0, 0.05) is 11.4 Å². The average molecular weight is 556 g/mol. The molecule has 1 fully saturated rings. The average Bonchev–Trinajstić information content (AvgIpc) is 2.89. The van der Waals surface area contributed by atoms with Crippen molar-refractivity contribution in [3.8, 4) is 0 Å². The lowest BCUT2D eigenvalue weighted by molar-refractivity contribution is -0.129. The molecule has 4 rings (SSSR count). The lowest BCUT2D eigenvalue weighted by atomic mass is 10.2. The first-order valence-electron chi connectivity index (χ1n) is 11.5. The number of halogens is 2. The number of aliphatic imine (C=N–C) groups is 1. The molecule has 1 aliphatic heterocycles. The van der Waals surface area contributed by atoms with Crippen LogP contribution >= 0.6 is 35.0 Å². The van der Waals surface area contributed by atoms with Crippen LogP contribution in [0.2, 0.25) is 10.0 Å². The number of amides is 2. The summed E-state index contributed by atoms with van der Waals surface area (Å²) >= 11 is 13.7. The van der Waals surface area contributed by atoms with E-state index in [1.165, 1.54) is 16.7 Å². The molecule has 2 amide bonds. The van der Waals surface area contributed by atoms with Gasteiger partial charge in [0.2, 0.25) is 11.8 Å². The number of esters is 1. The van der Waals surface area contributed by atoms with E-state index in [4.69, 9.17) is 27.9 Å². The van der Waals surface area contributed by atoms with Gasteiger partial charge in [-0.1, -0.05) is 65.3 Å². The van der Waals surface area contributed by atoms with E-state index in [-0.39, 0.29) is 31.4 Å². The maximum atomic E-state index is 13.3. The highest BCUT2D eigenvalue weighted by molar-refractivity contribution is 8.15. The highest BCUT2D eigenvalue weighted by Gasteiger charge is 2.36. The first-order chi connectivity index (χ1) is 17.9. The van der Waals surface area contributed by atoms with Crippen LogP contribution in [0.4, 0.5) is 11.4 Å². The number of amidine groups is 1. The summed E-state index contributed by atoms with van der Waals surface area (Å²) in [7, 11) is 0. The number of nitrogens with zero attached hydrogens (tertiary/aromatic N) is 2. The smallest absolute Gasteiger partial charge is 0.338 e. The van der Waals surface area contributed by atoms with E-state index in [0.29, 0.717) is 32.2 Å². The summed E-state index contributed by atoms with van der Waals surface area (Å²) in [6.45, 7) is 2.21. The summed E-state index contributed by atoms with van der Waals surface area (Å²) in [5.41, 5.74) is 2.12. The second-order valence-corrected chi connectivity index (χ2v) is 10.00. The summed E-state index contributed by atoms with van der Waals surface area (Å²) in [6, 6.07) is 20.7. The molecule has 7 nitrogen and oxygen atoms in total. The number of benzene rings is 3. The molecular weight excluding hydrogens is 533 g/mol. The molecule has 3 aromatic rings. The van der Waals surface area contributed by atoms with Crippen molar-refractivity contribution in [2.75, 3.05) is 11.9 Å². The molecule has 3 aromatic carbocycles. The van der Waals surface area contributed by atoms with Crippen LogP contribution < -0.4 is 5.32 Å². The van der Waals surface area contributed by atoms with Crippen LogP contribution in [0.25, 0.3) is 0 Å². The number of hydrogen-bond acceptors (Lipinski definition) is 6. The number of para-hydroxylation sites is 1. The fourth-order valence-corrected chi connectivity index (χ4v) is 5.04. The van der Waals surface area contributed by atoms with Crippen molar-refractivity contribution in [3.63, 3.8) is 0 Å². The van der Waals surface area contributed by atoms with Crippen molar-refractivity contribution < 1.29 is 19.1 Å². The van der Waals surface area contributed by atoms with Crippen molar-refractivity contribution in [2.45, 2.75) is 25.1 Å². The van der Waals surface area contributed by atoms with Gasteiger partial charge in [0.05, 0.1) is 35.1 Å². The highest BCUT2D eigenvalue weighted by atomic mass is 35.5. The number of ether oxygens (including phenoxy) is 1. The third-order valence-corrected chi connectivity index (χ3v) is 7.34.